The molecule has 0 radical (unpaired) electrons. The van der Waals surface area contributed by atoms with Crippen LogP contribution in [0.2, 0.25) is 0 Å². The third kappa shape index (κ3) is 2.75. The van der Waals surface area contributed by atoms with Crippen LogP contribution >= 0.6 is 0 Å². The number of hydrogen-bond donors (Lipinski definition) is 2. The first kappa shape index (κ1) is 11.9. The molecule has 0 aromatic heterocycles. The Bertz CT molecular complexity index is 414. The second-order valence-electron chi connectivity index (χ2n) is 4.07. The summed E-state index contributed by atoms with van der Waals surface area (Å²) in [4.78, 5) is 13.2. The Balaban J connectivity index is 2.15. The number of nitrogens with two attached hydrogens (primary N) is 1. The van der Waals surface area contributed by atoms with E-state index in [0.29, 0.717) is 12.2 Å². The lowest BCUT2D eigenvalue weighted by Gasteiger charge is -2.27. The van der Waals surface area contributed by atoms with Crippen LogP contribution in [0, 0.1) is 0 Å². The molecule has 1 saturated heterocycles. The van der Waals surface area contributed by atoms with Crippen LogP contribution in [0.3, 0.4) is 0 Å². The van der Waals surface area contributed by atoms with Crippen molar-refractivity contribution in [3.05, 3.63) is 29.3 Å². The third-order valence-electron chi connectivity index (χ3n) is 2.92. The van der Waals surface area contributed by atoms with Gasteiger partial charge in [0.2, 0.25) is 0 Å². The normalized spacial score (nSPS) is 16.9. The molecule has 5 heteroatoms. The zero-order valence-electron chi connectivity index (χ0n) is 9.56. The van der Waals surface area contributed by atoms with Crippen molar-refractivity contribution in [1.29, 1.82) is 0 Å². The molecule has 1 aliphatic rings. The molecule has 0 atom stereocenters. The summed E-state index contributed by atoms with van der Waals surface area (Å²) in [5, 5.41) is 8.98. The van der Waals surface area contributed by atoms with Crippen molar-refractivity contribution in [3.8, 4) is 0 Å². The summed E-state index contributed by atoms with van der Waals surface area (Å²) in [5.41, 5.74) is 7.27. The number of aromatic carboxylic acids is 1. The second kappa shape index (κ2) is 5.16. The molecule has 2 rings (SSSR count). The molecule has 17 heavy (non-hydrogen) atoms. The van der Waals surface area contributed by atoms with Crippen molar-refractivity contribution in [3.63, 3.8) is 0 Å². The zero-order valence-corrected chi connectivity index (χ0v) is 9.56. The van der Waals surface area contributed by atoms with Gasteiger partial charge < -0.3 is 15.6 Å². The van der Waals surface area contributed by atoms with Gasteiger partial charge in [0.05, 0.1) is 24.5 Å². The van der Waals surface area contributed by atoms with Crippen molar-refractivity contribution in [2.75, 3.05) is 32.0 Å². The number of rotatable bonds is 3. The largest absolute Gasteiger partial charge is 0.478 e. The minimum atomic E-state index is -0.980. The average molecular weight is 236 g/mol. The molecule has 1 aromatic carbocycles. The monoisotopic (exact) mass is 236 g/mol. The number of carboxylic acid groups (broad SMARTS) is 1. The molecule has 0 amide bonds. The highest BCUT2D eigenvalue weighted by Crippen LogP contribution is 2.19. The maximum absolute atomic E-state index is 11.0. The topological polar surface area (TPSA) is 75.8 Å². The van der Waals surface area contributed by atoms with Crippen molar-refractivity contribution in [1.82, 2.24) is 4.90 Å². The van der Waals surface area contributed by atoms with Crippen molar-refractivity contribution >= 4 is 11.7 Å². The molecule has 0 aliphatic carbocycles. The molecule has 1 heterocycles. The number of carbonyl (C=O) groups is 1. The molecule has 1 aliphatic heterocycles. The summed E-state index contributed by atoms with van der Waals surface area (Å²) in [6.07, 6.45) is 0. The molecule has 0 unspecified atom stereocenters. The second-order valence-corrected chi connectivity index (χ2v) is 4.07. The lowest BCUT2D eigenvalue weighted by atomic mass is 10.1. The summed E-state index contributed by atoms with van der Waals surface area (Å²) >= 11 is 0. The van der Waals surface area contributed by atoms with E-state index >= 15 is 0 Å². The maximum Gasteiger partial charge on any atom is 0.337 e. The van der Waals surface area contributed by atoms with Gasteiger partial charge in [0.1, 0.15) is 0 Å². The molecule has 1 aromatic rings. The standard InChI is InChI=1S/C12H16N2O3/c13-11-9(2-1-3-10(11)12(15)16)8-14-4-6-17-7-5-14/h1-3H,4-8,13H2,(H,15,16). The van der Waals surface area contributed by atoms with Gasteiger partial charge in [0, 0.05) is 19.6 Å². The van der Waals surface area contributed by atoms with Crippen molar-refractivity contribution in [2.45, 2.75) is 6.54 Å². The van der Waals surface area contributed by atoms with Crippen LogP contribution in [-0.4, -0.2) is 42.3 Å². The van der Waals surface area contributed by atoms with E-state index in [1.54, 1.807) is 6.07 Å². The number of benzene rings is 1. The van der Waals surface area contributed by atoms with E-state index < -0.39 is 5.97 Å². The number of para-hydroxylation sites is 1. The first-order valence-electron chi connectivity index (χ1n) is 5.59. The molecular formula is C12H16N2O3. The van der Waals surface area contributed by atoms with Gasteiger partial charge in [-0.25, -0.2) is 4.79 Å². The van der Waals surface area contributed by atoms with Crippen molar-refractivity contribution in [2.24, 2.45) is 0 Å². The Kier molecular flexibility index (Phi) is 3.61. The van der Waals surface area contributed by atoms with Crippen LogP contribution in [0.5, 0.6) is 0 Å². The minimum Gasteiger partial charge on any atom is -0.478 e. The van der Waals surface area contributed by atoms with Gasteiger partial charge in [-0.3, -0.25) is 4.90 Å². The summed E-state index contributed by atoms with van der Waals surface area (Å²) in [5.74, 6) is -0.980. The number of morpholine rings is 1. The predicted octanol–water partition coefficient (Wildman–Crippen LogP) is 0.799. The van der Waals surface area contributed by atoms with E-state index in [1.165, 1.54) is 6.07 Å². The van der Waals surface area contributed by atoms with Gasteiger partial charge >= 0.3 is 5.97 Å². The molecule has 0 spiro atoms. The number of ether oxygens (including phenoxy) is 1. The summed E-state index contributed by atoms with van der Waals surface area (Å²) < 4.78 is 5.26. The first-order chi connectivity index (χ1) is 8.18. The lowest BCUT2D eigenvalue weighted by Crippen LogP contribution is -2.35. The highest BCUT2D eigenvalue weighted by molar-refractivity contribution is 5.94. The highest BCUT2D eigenvalue weighted by atomic mass is 16.5. The average Bonchev–Trinajstić information content (AvgIpc) is 2.33. The van der Waals surface area contributed by atoms with Crippen LogP contribution in [0.15, 0.2) is 18.2 Å². The van der Waals surface area contributed by atoms with Crippen molar-refractivity contribution < 1.29 is 14.6 Å². The summed E-state index contributed by atoms with van der Waals surface area (Å²) in [6, 6.07) is 5.13. The van der Waals surface area contributed by atoms with E-state index in [-0.39, 0.29) is 5.56 Å². The Labute approximate surface area is 99.8 Å². The van der Waals surface area contributed by atoms with Gasteiger partial charge in [-0.15, -0.1) is 0 Å². The Hall–Kier alpha value is -1.59. The summed E-state index contributed by atoms with van der Waals surface area (Å²) in [6.45, 7) is 3.83. The van der Waals surface area contributed by atoms with Gasteiger partial charge in [-0.05, 0) is 11.6 Å². The van der Waals surface area contributed by atoms with E-state index in [9.17, 15) is 4.79 Å². The summed E-state index contributed by atoms with van der Waals surface area (Å²) in [7, 11) is 0. The van der Waals surface area contributed by atoms with Gasteiger partial charge in [-0.1, -0.05) is 12.1 Å². The maximum atomic E-state index is 11.0. The molecule has 92 valence electrons. The Morgan fingerprint density at radius 1 is 1.41 bits per heavy atom. The zero-order chi connectivity index (χ0) is 12.3. The highest BCUT2D eigenvalue weighted by Gasteiger charge is 2.15. The molecule has 0 bridgehead atoms. The van der Waals surface area contributed by atoms with Crippen LogP contribution in [0.4, 0.5) is 5.69 Å². The van der Waals surface area contributed by atoms with Gasteiger partial charge in [0.15, 0.2) is 0 Å². The van der Waals surface area contributed by atoms with E-state index in [2.05, 4.69) is 4.90 Å². The number of anilines is 1. The van der Waals surface area contributed by atoms with E-state index in [4.69, 9.17) is 15.6 Å². The molecule has 5 nitrogen and oxygen atoms in total. The fraction of sp³-hybridized carbons (Fsp3) is 0.417. The van der Waals surface area contributed by atoms with Crippen LogP contribution < -0.4 is 5.73 Å². The Morgan fingerprint density at radius 3 is 2.76 bits per heavy atom. The number of carboxylic acids is 1. The molecule has 1 fully saturated rings. The smallest absolute Gasteiger partial charge is 0.337 e. The SMILES string of the molecule is Nc1c(CN2CCOCC2)cccc1C(=O)O. The fourth-order valence-corrected chi connectivity index (χ4v) is 1.94. The Morgan fingerprint density at radius 2 is 2.12 bits per heavy atom. The quantitative estimate of drug-likeness (QED) is 0.759. The molecule has 3 N–H and O–H groups in total. The minimum absolute atomic E-state index is 0.177. The number of nitrogen functional groups attached to an aromatic ring is 1. The van der Waals surface area contributed by atoms with Crippen LogP contribution in [0.1, 0.15) is 15.9 Å². The third-order valence-corrected chi connectivity index (χ3v) is 2.92. The number of nitrogens with zero attached hydrogens (tertiary/aromatic N) is 1. The van der Waals surface area contributed by atoms with Crippen LogP contribution in [0.25, 0.3) is 0 Å². The van der Waals surface area contributed by atoms with Gasteiger partial charge in [0.25, 0.3) is 0 Å². The van der Waals surface area contributed by atoms with Crippen LogP contribution in [-0.2, 0) is 11.3 Å². The van der Waals surface area contributed by atoms with E-state index in [1.807, 2.05) is 6.07 Å². The molecule has 0 saturated carbocycles. The number of hydrogen-bond acceptors (Lipinski definition) is 4. The van der Waals surface area contributed by atoms with Gasteiger partial charge in [-0.2, -0.15) is 0 Å². The first-order valence-corrected chi connectivity index (χ1v) is 5.59. The van der Waals surface area contributed by atoms with E-state index in [0.717, 1.165) is 31.9 Å². The lowest BCUT2D eigenvalue weighted by molar-refractivity contribution is 0.0342. The molecular weight excluding hydrogens is 220 g/mol. The fourth-order valence-electron chi connectivity index (χ4n) is 1.94. The predicted molar refractivity (Wildman–Crippen MR) is 63.9 cm³/mol.